The molecular formula is C25H27N7O2. The molecule has 0 bridgehead atoms. The van der Waals surface area contributed by atoms with Crippen LogP contribution in [0, 0.1) is 11.8 Å². The number of anilines is 1. The van der Waals surface area contributed by atoms with Gasteiger partial charge in [0.1, 0.15) is 0 Å². The summed E-state index contributed by atoms with van der Waals surface area (Å²) < 4.78 is 3.14. The summed E-state index contributed by atoms with van der Waals surface area (Å²) in [6, 6.07) is 14.1. The zero-order valence-corrected chi connectivity index (χ0v) is 19.1. The maximum absolute atomic E-state index is 12.9. The van der Waals surface area contributed by atoms with Crippen molar-refractivity contribution in [2.24, 2.45) is 18.9 Å². The highest BCUT2D eigenvalue weighted by molar-refractivity contribution is 5.91. The second-order valence-corrected chi connectivity index (χ2v) is 9.50. The predicted molar refractivity (Wildman–Crippen MR) is 130 cm³/mol. The van der Waals surface area contributed by atoms with E-state index in [0.29, 0.717) is 18.2 Å². The molecular weight excluding hydrogens is 430 g/mol. The van der Waals surface area contributed by atoms with Gasteiger partial charge >= 0.3 is 5.69 Å². The zero-order chi connectivity index (χ0) is 23.4. The number of nitrogens with one attached hydrogen (secondary N) is 1. The number of fused-ring (bicyclic) bond motifs is 1. The third-order valence-corrected chi connectivity index (χ3v) is 7.04. The van der Waals surface area contributed by atoms with Gasteiger partial charge in [0.25, 0.3) is 0 Å². The minimum atomic E-state index is -0.131. The Labute approximate surface area is 196 Å². The van der Waals surface area contributed by atoms with Crippen LogP contribution in [0.3, 0.4) is 0 Å². The number of amides is 1. The monoisotopic (exact) mass is 457 g/mol. The number of aromatic nitrogens is 5. The lowest BCUT2D eigenvalue weighted by Crippen LogP contribution is -2.31. The van der Waals surface area contributed by atoms with Gasteiger partial charge in [-0.2, -0.15) is 5.10 Å². The van der Waals surface area contributed by atoms with E-state index in [4.69, 9.17) is 5.73 Å². The van der Waals surface area contributed by atoms with E-state index in [1.54, 1.807) is 11.6 Å². The molecule has 1 unspecified atom stereocenters. The number of benzene rings is 2. The van der Waals surface area contributed by atoms with Crippen LogP contribution in [0.4, 0.5) is 5.82 Å². The number of hydrogen-bond donors (Lipinski definition) is 2. The number of H-pyrrole nitrogens is 1. The second-order valence-electron chi connectivity index (χ2n) is 9.50. The summed E-state index contributed by atoms with van der Waals surface area (Å²) in [5, 5.41) is 12.4. The van der Waals surface area contributed by atoms with Gasteiger partial charge in [0.15, 0.2) is 11.6 Å². The molecule has 1 saturated heterocycles. The van der Waals surface area contributed by atoms with E-state index < -0.39 is 0 Å². The standard InChI is InChI=1S/C25H27N7O2/c1-30-25(34)32(14-15-10-11-31(13-15)24(33)18-6-7-18)23(29-30)17-4-2-16(3-5-17)19-8-9-20-21(12-19)27-28-22(20)26/h2-5,8-9,12,15,18H,6-7,10-11,13-14H2,1H3,(H3,26,27,28). The molecule has 3 heterocycles. The summed E-state index contributed by atoms with van der Waals surface area (Å²) in [5.41, 5.74) is 9.62. The van der Waals surface area contributed by atoms with Crippen LogP contribution in [0.5, 0.6) is 0 Å². The number of nitrogen functional groups attached to an aromatic ring is 1. The summed E-state index contributed by atoms with van der Waals surface area (Å²) in [6.07, 6.45) is 2.96. The van der Waals surface area contributed by atoms with Crippen LogP contribution in [0.25, 0.3) is 33.4 Å². The Bertz CT molecular complexity index is 1440. The molecule has 3 N–H and O–H groups in total. The number of aryl methyl sites for hydroxylation is 1. The molecule has 0 spiro atoms. The second kappa shape index (κ2) is 7.86. The average molecular weight is 458 g/mol. The van der Waals surface area contributed by atoms with Crippen molar-refractivity contribution in [1.29, 1.82) is 0 Å². The molecule has 1 saturated carbocycles. The Hall–Kier alpha value is -3.88. The number of likely N-dealkylation sites (tertiary alicyclic amines) is 1. The van der Waals surface area contributed by atoms with Crippen molar-refractivity contribution in [3.8, 4) is 22.5 Å². The summed E-state index contributed by atoms with van der Waals surface area (Å²) in [7, 11) is 1.68. The highest BCUT2D eigenvalue weighted by Gasteiger charge is 2.37. The minimum absolute atomic E-state index is 0.131. The summed E-state index contributed by atoms with van der Waals surface area (Å²) >= 11 is 0. The van der Waals surface area contributed by atoms with Crippen LogP contribution in [0.15, 0.2) is 47.3 Å². The Morgan fingerprint density at radius 3 is 2.59 bits per heavy atom. The van der Waals surface area contributed by atoms with Gasteiger partial charge in [0, 0.05) is 43.5 Å². The molecule has 2 aliphatic rings. The molecule has 1 atom stereocenters. The SMILES string of the molecule is Cn1nc(-c2ccc(-c3ccc4c(N)n[nH]c4c3)cc2)n(CC2CCN(C(=O)C3CC3)C2)c1=O. The van der Waals surface area contributed by atoms with E-state index in [2.05, 4.69) is 15.3 Å². The smallest absolute Gasteiger partial charge is 0.345 e. The third-order valence-electron chi connectivity index (χ3n) is 7.04. The maximum atomic E-state index is 12.9. The first-order valence-electron chi connectivity index (χ1n) is 11.7. The van der Waals surface area contributed by atoms with Gasteiger partial charge < -0.3 is 10.6 Å². The van der Waals surface area contributed by atoms with Crippen LogP contribution < -0.4 is 11.4 Å². The van der Waals surface area contributed by atoms with Gasteiger partial charge in [-0.3, -0.25) is 14.5 Å². The van der Waals surface area contributed by atoms with Gasteiger partial charge in [-0.15, -0.1) is 5.10 Å². The number of carbonyl (C=O) groups excluding carboxylic acids is 1. The number of carbonyl (C=O) groups is 1. The third kappa shape index (κ3) is 3.57. The molecule has 174 valence electrons. The lowest BCUT2D eigenvalue weighted by atomic mass is 10.0. The topological polar surface area (TPSA) is 115 Å². The molecule has 2 aromatic heterocycles. The number of aromatic amines is 1. The fourth-order valence-corrected chi connectivity index (χ4v) is 4.94. The lowest BCUT2D eigenvalue weighted by molar-refractivity contribution is -0.131. The van der Waals surface area contributed by atoms with Crippen molar-refractivity contribution in [3.05, 3.63) is 52.9 Å². The quantitative estimate of drug-likeness (QED) is 0.478. The predicted octanol–water partition coefficient (Wildman–Crippen LogP) is 2.63. The van der Waals surface area contributed by atoms with E-state index >= 15 is 0 Å². The fourth-order valence-electron chi connectivity index (χ4n) is 4.94. The molecule has 1 aliphatic carbocycles. The highest BCUT2D eigenvalue weighted by Crippen LogP contribution is 2.33. The molecule has 1 aliphatic heterocycles. The maximum Gasteiger partial charge on any atom is 0.345 e. The van der Waals surface area contributed by atoms with Crippen molar-refractivity contribution < 1.29 is 4.79 Å². The Morgan fingerprint density at radius 2 is 1.82 bits per heavy atom. The van der Waals surface area contributed by atoms with Crippen LogP contribution in [0.2, 0.25) is 0 Å². The minimum Gasteiger partial charge on any atom is -0.382 e. The van der Waals surface area contributed by atoms with E-state index in [9.17, 15) is 9.59 Å². The Balaban J connectivity index is 1.24. The van der Waals surface area contributed by atoms with Gasteiger partial charge in [0.2, 0.25) is 5.91 Å². The Morgan fingerprint density at radius 1 is 1.09 bits per heavy atom. The van der Waals surface area contributed by atoms with Gasteiger partial charge in [-0.05, 0) is 48.4 Å². The Kier molecular flexibility index (Phi) is 4.79. The van der Waals surface area contributed by atoms with E-state index in [1.165, 1.54) is 4.68 Å². The van der Waals surface area contributed by atoms with Gasteiger partial charge in [-0.1, -0.05) is 30.3 Å². The van der Waals surface area contributed by atoms with Crippen molar-refractivity contribution in [2.75, 3.05) is 18.8 Å². The number of nitrogens with two attached hydrogens (primary N) is 1. The fraction of sp³-hybridized carbons (Fsp3) is 0.360. The van der Waals surface area contributed by atoms with Crippen LogP contribution in [-0.4, -0.2) is 48.4 Å². The van der Waals surface area contributed by atoms with E-state index in [1.807, 2.05) is 47.4 Å². The van der Waals surface area contributed by atoms with Crippen LogP contribution >= 0.6 is 0 Å². The van der Waals surface area contributed by atoms with E-state index in [-0.39, 0.29) is 23.4 Å². The first kappa shape index (κ1) is 20.7. The lowest BCUT2D eigenvalue weighted by Gasteiger charge is -2.16. The number of hydrogen-bond acceptors (Lipinski definition) is 5. The van der Waals surface area contributed by atoms with Gasteiger partial charge in [-0.25, -0.2) is 9.48 Å². The van der Waals surface area contributed by atoms with E-state index in [0.717, 1.165) is 59.9 Å². The summed E-state index contributed by atoms with van der Waals surface area (Å²) in [4.78, 5) is 27.3. The largest absolute Gasteiger partial charge is 0.382 e. The molecule has 4 aromatic rings. The first-order chi connectivity index (χ1) is 16.5. The first-order valence-corrected chi connectivity index (χ1v) is 11.7. The summed E-state index contributed by atoms with van der Waals surface area (Å²) in [6.45, 7) is 2.07. The molecule has 0 radical (unpaired) electrons. The normalized spacial score (nSPS) is 18.1. The van der Waals surface area contributed by atoms with Crippen molar-refractivity contribution >= 4 is 22.6 Å². The zero-order valence-electron chi connectivity index (χ0n) is 19.1. The van der Waals surface area contributed by atoms with Gasteiger partial charge in [0.05, 0.1) is 5.52 Å². The molecule has 9 nitrogen and oxygen atoms in total. The van der Waals surface area contributed by atoms with Crippen molar-refractivity contribution in [1.82, 2.24) is 29.4 Å². The summed E-state index contributed by atoms with van der Waals surface area (Å²) in [5.74, 6) is 1.93. The molecule has 2 aromatic carbocycles. The molecule has 34 heavy (non-hydrogen) atoms. The highest BCUT2D eigenvalue weighted by atomic mass is 16.2. The number of rotatable bonds is 5. The molecule has 9 heteroatoms. The molecule has 2 fully saturated rings. The number of nitrogens with zero attached hydrogens (tertiary/aromatic N) is 5. The molecule has 6 rings (SSSR count). The van der Waals surface area contributed by atoms with Crippen LogP contribution in [0.1, 0.15) is 19.3 Å². The average Bonchev–Trinajstić information content (AvgIpc) is 3.40. The van der Waals surface area contributed by atoms with Crippen molar-refractivity contribution in [3.63, 3.8) is 0 Å². The van der Waals surface area contributed by atoms with Crippen LogP contribution in [-0.2, 0) is 18.4 Å². The van der Waals surface area contributed by atoms with Crippen molar-refractivity contribution in [2.45, 2.75) is 25.8 Å². The molecule has 1 amide bonds.